The van der Waals surface area contributed by atoms with Gasteiger partial charge in [0, 0.05) is 42.8 Å². The van der Waals surface area contributed by atoms with E-state index in [1.54, 1.807) is 0 Å². The molecule has 0 bridgehead atoms. The molecule has 0 unspecified atom stereocenters. The molecule has 4 rings (SSSR count). The molecular formula is C20H23N3. The van der Waals surface area contributed by atoms with Crippen molar-refractivity contribution >= 4 is 10.9 Å². The molecule has 23 heavy (non-hydrogen) atoms. The molecule has 0 aliphatic carbocycles. The maximum atomic E-state index is 6.45. The quantitative estimate of drug-likeness (QED) is 0.778. The number of nitrogens with one attached hydrogen (secondary N) is 1. The number of para-hydroxylation sites is 1. The summed E-state index contributed by atoms with van der Waals surface area (Å²) in [5, 5.41) is 1.30. The number of fused-ring (bicyclic) bond motifs is 2. The third kappa shape index (κ3) is 3.03. The summed E-state index contributed by atoms with van der Waals surface area (Å²) in [7, 11) is 0. The highest BCUT2D eigenvalue weighted by molar-refractivity contribution is 5.83. The second-order valence-electron chi connectivity index (χ2n) is 6.58. The first-order chi connectivity index (χ1) is 11.3. The monoisotopic (exact) mass is 305 g/mol. The Hall–Kier alpha value is -2.10. The largest absolute Gasteiger partial charge is 0.361 e. The predicted octanol–water partition coefficient (Wildman–Crippen LogP) is 3.10. The fourth-order valence-corrected chi connectivity index (χ4v) is 3.69. The van der Waals surface area contributed by atoms with Crippen molar-refractivity contribution in [2.45, 2.75) is 25.4 Å². The maximum Gasteiger partial charge on any atom is 0.0456 e. The van der Waals surface area contributed by atoms with Crippen molar-refractivity contribution in [2.24, 2.45) is 5.73 Å². The van der Waals surface area contributed by atoms with Crippen LogP contribution < -0.4 is 5.73 Å². The number of aromatic amines is 1. The van der Waals surface area contributed by atoms with E-state index in [0.717, 1.165) is 32.5 Å². The van der Waals surface area contributed by atoms with Crippen LogP contribution in [0, 0.1) is 0 Å². The van der Waals surface area contributed by atoms with Crippen LogP contribution in [0.5, 0.6) is 0 Å². The van der Waals surface area contributed by atoms with Gasteiger partial charge in [-0.2, -0.15) is 0 Å². The zero-order valence-corrected chi connectivity index (χ0v) is 13.3. The van der Waals surface area contributed by atoms with E-state index in [1.165, 1.54) is 27.6 Å². The second kappa shape index (κ2) is 6.19. The van der Waals surface area contributed by atoms with Crippen molar-refractivity contribution < 1.29 is 0 Å². The summed E-state index contributed by atoms with van der Waals surface area (Å²) in [6.45, 7) is 3.09. The molecule has 3 heteroatoms. The average molecular weight is 305 g/mol. The predicted molar refractivity (Wildman–Crippen MR) is 95.4 cm³/mol. The standard InChI is InChI=1S/C20H23N3/c21-18(11-17-12-22-20-8-4-3-7-19(17)20)14-23-10-9-15-5-1-2-6-16(15)13-23/h1-8,12,18,22H,9-11,13-14,21H2/t18-/m0/s1. The third-order valence-electron chi connectivity index (χ3n) is 4.86. The third-order valence-corrected chi connectivity index (χ3v) is 4.86. The van der Waals surface area contributed by atoms with Crippen molar-refractivity contribution in [3.63, 3.8) is 0 Å². The molecule has 0 amide bonds. The van der Waals surface area contributed by atoms with E-state index in [9.17, 15) is 0 Å². The fourth-order valence-electron chi connectivity index (χ4n) is 3.69. The van der Waals surface area contributed by atoms with Crippen LogP contribution in [-0.4, -0.2) is 29.0 Å². The Morgan fingerprint density at radius 3 is 2.74 bits per heavy atom. The van der Waals surface area contributed by atoms with Gasteiger partial charge in [-0.1, -0.05) is 42.5 Å². The van der Waals surface area contributed by atoms with E-state index in [1.807, 2.05) is 0 Å². The van der Waals surface area contributed by atoms with Gasteiger partial charge < -0.3 is 10.7 Å². The van der Waals surface area contributed by atoms with Gasteiger partial charge >= 0.3 is 0 Å². The number of rotatable bonds is 4. The fraction of sp³-hybridized carbons (Fsp3) is 0.300. The van der Waals surface area contributed by atoms with Gasteiger partial charge in [-0.3, -0.25) is 4.90 Å². The molecule has 0 saturated heterocycles. The summed E-state index contributed by atoms with van der Waals surface area (Å²) in [5.74, 6) is 0. The molecule has 3 nitrogen and oxygen atoms in total. The molecule has 2 aromatic carbocycles. The van der Waals surface area contributed by atoms with Gasteiger partial charge in [0.1, 0.15) is 0 Å². The van der Waals surface area contributed by atoms with E-state index in [-0.39, 0.29) is 6.04 Å². The Bertz CT molecular complexity index is 805. The molecule has 118 valence electrons. The van der Waals surface area contributed by atoms with Crippen molar-refractivity contribution in [2.75, 3.05) is 13.1 Å². The number of hydrogen-bond acceptors (Lipinski definition) is 2. The van der Waals surface area contributed by atoms with Crippen LogP contribution in [0.25, 0.3) is 10.9 Å². The van der Waals surface area contributed by atoms with Crippen molar-refractivity contribution in [1.29, 1.82) is 0 Å². The Morgan fingerprint density at radius 2 is 1.83 bits per heavy atom. The smallest absolute Gasteiger partial charge is 0.0456 e. The zero-order chi connectivity index (χ0) is 15.6. The number of benzene rings is 2. The highest BCUT2D eigenvalue weighted by Gasteiger charge is 2.18. The summed E-state index contributed by atoms with van der Waals surface area (Å²) < 4.78 is 0. The van der Waals surface area contributed by atoms with Crippen LogP contribution >= 0.6 is 0 Å². The SMILES string of the molecule is N[C@@H](Cc1c[nH]c2ccccc12)CN1CCc2ccccc2C1. The lowest BCUT2D eigenvalue weighted by Crippen LogP contribution is -2.41. The van der Waals surface area contributed by atoms with E-state index in [0.29, 0.717) is 0 Å². The number of nitrogens with zero attached hydrogens (tertiary/aromatic N) is 1. The number of aromatic nitrogens is 1. The maximum absolute atomic E-state index is 6.45. The normalized spacial score (nSPS) is 16.4. The molecule has 2 heterocycles. The molecule has 0 saturated carbocycles. The molecule has 1 aliphatic heterocycles. The highest BCUT2D eigenvalue weighted by Crippen LogP contribution is 2.21. The lowest BCUT2D eigenvalue weighted by atomic mass is 9.99. The van der Waals surface area contributed by atoms with Crippen LogP contribution in [0.1, 0.15) is 16.7 Å². The minimum Gasteiger partial charge on any atom is -0.361 e. The first-order valence-electron chi connectivity index (χ1n) is 8.39. The number of H-pyrrole nitrogens is 1. The van der Waals surface area contributed by atoms with Crippen molar-refractivity contribution in [3.05, 3.63) is 71.4 Å². The number of hydrogen-bond donors (Lipinski definition) is 2. The van der Waals surface area contributed by atoms with Gasteiger partial charge in [-0.05, 0) is 35.6 Å². The second-order valence-corrected chi connectivity index (χ2v) is 6.58. The van der Waals surface area contributed by atoms with Crippen molar-refractivity contribution in [1.82, 2.24) is 9.88 Å². The lowest BCUT2D eigenvalue weighted by molar-refractivity contribution is 0.238. The molecule has 1 atom stereocenters. The van der Waals surface area contributed by atoms with Gasteiger partial charge in [0.05, 0.1) is 0 Å². The summed E-state index contributed by atoms with van der Waals surface area (Å²) >= 11 is 0. The topological polar surface area (TPSA) is 45.1 Å². The van der Waals surface area contributed by atoms with Crippen LogP contribution in [0.15, 0.2) is 54.7 Å². The van der Waals surface area contributed by atoms with E-state index >= 15 is 0 Å². The van der Waals surface area contributed by atoms with Crippen LogP contribution in [-0.2, 0) is 19.4 Å². The molecule has 0 spiro atoms. The van der Waals surface area contributed by atoms with Crippen molar-refractivity contribution in [3.8, 4) is 0 Å². The summed E-state index contributed by atoms with van der Waals surface area (Å²) in [6, 6.07) is 17.4. The molecule has 0 radical (unpaired) electrons. The Morgan fingerprint density at radius 1 is 1.04 bits per heavy atom. The van der Waals surface area contributed by atoms with Gasteiger partial charge in [0.25, 0.3) is 0 Å². The summed E-state index contributed by atoms with van der Waals surface area (Å²) in [4.78, 5) is 5.83. The lowest BCUT2D eigenvalue weighted by Gasteiger charge is -2.30. The van der Waals surface area contributed by atoms with Crippen LogP contribution in [0.3, 0.4) is 0 Å². The Kier molecular flexibility index (Phi) is 3.90. The van der Waals surface area contributed by atoms with Crippen LogP contribution in [0.2, 0.25) is 0 Å². The van der Waals surface area contributed by atoms with Gasteiger partial charge in [-0.15, -0.1) is 0 Å². The molecular weight excluding hydrogens is 282 g/mol. The van der Waals surface area contributed by atoms with E-state index < -0.39 is 0 Å². The molecule has 0 fully saturated rings. The molecule has 1 aliphatic rings. The Balaban J connectivity index is 1.42. The average Bonchev–Trinajstić information content (AvgIpc) is 2.98. The van der Waals surface area contributed by atoms with Gasteiger partial charge in [-0.25, -0.2) is 0 Å². The molecule has 3 aromatic rings. The first-order valence-corrected chi connectivity index (χ1v) is 8.39. The van der Waals surface area contributed by atoms with Gasteiger partial charge in [0.2, 0.25) is 0 Å². The first kappa shape index (κ1) is 14.5. The summed E-state index contributed by atoms with van der Waals surface area (Å²) in [6.07, 6.45) is 4.16. The highest BCUT2D eigenvalue weighted by atomic mass is 15.1. The minimum absolute atomic E-state index is 0.166. The van der Waals surface area contributed by atoms with E-state index in [4.69, 9.17) is 5.73 Å². The zero-order valence-electron chi connectivity index (χ0n) is 13.3. The van der Waals surface area contributed by atoms with Gasteiger partial charge in [0.15, 0.2) is 0 Å². The minimum atomic E-state index is 0.166. The Labute approximate surface area is 137 Å². The summed E-state index contributed by atoms with van der Waals surface area (Å²) in [5.41, 5.74) is 11.9. The molecule has 1 aromatic heterocycles. The van der Waals surface area contributed by atoms with E-state index in [2.05, 4.69) is 64.6 Å². The number of nitrogens with two attached hydrogens (primary N) is 1. The van der Waals surface area contributed by atoms with Crippen LogP contribution in [0.4, 0.5) is 0 Å². The molecule has 3 N–H and O–H groups in total.